The van der Waals surface area contributed by atoms with Crippen LogP contribution >= 0.6 is 0 Å². The van der Waals surface area contributed by atoms with Crippen LogP contribution in [0.1, 0.15) is 37.0 Å². The Morgan fingerprint density at radius 1 is 1.45 bits per heavy atom. The molecule has 20 heavy (non-hydrogen) atoms. The Morgan fingerprint density at radius 3 is 2.55 bits per heavy atom. The molecule has 1 aromatic carbocycles. The van der Waals surface area contributed by atoms with E-state index in [1.807, 2.05) is 13.8 Å². The molecule has 0 spiro atoms. The average Bonchev–Trinajstić information content (AvgIpc) is 2.44. The second-order valence-corrected chi connectivity index (χ2v) is 4.64. The van der Waals surface area contributed by atoms with E-state index in [0.717, 1.165) is 6.07 Å². The van der Waals surface area contributed by atoms with Crippen molar-refractivity contribution in [1.82, 2.24) is 5.32 Å². The van der Waals surface area contributed by atoms with E-state index in [4.69, 9.17) is 5.73 Å². The van der Waals surface area contributed by atoms with Gasteiger partial charge >= 0.3 is 0 Å². The topological polar surface area (TPSA) is 118 Å². The van der Waals surface area contributed by atoms with Crippen LogP contribution in [0, 0.1) is 10.1 Å². The number of carbonyl (C=O) groups excluding carboxylic acids is 1. The second kappa shape index (κ2) is 6.33. The maximum absolute atomic E-state index is 11.9. The summed E-state index contributed by atoms with van der Waals surface area (Å²) in [5.41, 5.74) is 4.34. The lowest BCUT2D eigenvalue weighted by Crippen LogP contribution is -2.42. The van der Waals surface area contributed by atoms with Crippen molar-refractivity contribution in [2.45, 2.75) is 32.3 Å². The van der Waals surface area contributed by atoms with E-state index < -0.39 is 16.4 Å². The highest BCUT2D eigenvalue weighted by Crippen LogP contribution is 2.22. The Morgan fingerprint density at radius 2 is 2.05 bits per heavy atom. The molecule has 0 unspecified atom stereocenters. The Balaban J connectivity index is 2.83. The molecule has 1 aromatic rings. The first-order chi connectivity index (χ1) is 9.33. The summed E-state index contributed by atoms with van der Waals surface area (Å²) in [5, 5.41) is 23.4. The third-order valence-electron chi connectivity index (χ3n) is 3.38. The van der Waals surface area contributed by atoms with Gasteiger partial charge in [0, 0.05) is 18.2 Å². The zero-order valence-electron chi connectivity index (χ0n) is 11.5. The molecule has 0 aromatic heterocycles. The maximum atomic E-state index is 11.9. The number of nitrogen functional groups attached to an aromatic ring is 1. The molecule has 0 aliphatic heterocycles. The zero-order valence-corrected chi connectivity index (χ0v) is 11.5. The van der Waals surface area contributed by atoms with Gasteiger partial charge in [0.1, 0.15) is 5.69 Å². The van der Waals surface area contributed by atoms with E-state index in [2.05, 4.69) is 5.32 Å². The van der Waals surface area contributed by atoms with E-state index in [0.29, 0.717) is 12.8 Å². The highest BCUT2D eigenvalue weighted by molar-refractivity contribution is 5.95. The van der Waals surface area contributed by atoms with E-state index in [-0.39, 0.29) is 23.5 Å². The molecule has 0 heterocycles. The average molecular weight is 281 g/mol. The summed E-state index contributed by atoms with van der Waals surface area (Å²) in [7, 11) is 0. The van der Waals surface area contributed by atoms with Crippen molar-refractivity contribution in [1.29, 1.82) is 0 Å². The molecule has 0 bridgehead atoms. The number of carbonyl (C=O) groups is 1. The number of rotatable bonds is 6. The van der Waals surface area contributed by atoms with Crippen LogP contribution in [-0.2, 0) is 0 Å². The second-order valence-electron chi connectivity index (χ2n) is 4.64. The van der Waals surface area contributed by atoms with Gasteiger partial charge in [-0.15, -0.1) is 0 Å². The van der Waals surface area contributed by atoms with Crippen LogP contribution in [0.25, 0.3) is 0 Å². The zero-order chi connectivity index (χ0) is 15.3. The van der Waals surface area contributed by atoms with Gasteiger partial charge in [-0.05, 0) is 25.0 Å². The van der Waals surface area contributed by atoms with Crippen LogP contribution in [-0.4, -0.2) is 28.1 Å². The lowest BCUT2D eigenvalue weighted by Gasteiger charge is -2.25. The molecule has 0 radical (unpaired) electrons. The molecular weight excluding hydrogens is 262 g/mol. The quantitative estimate of drug-likeness (QED) is 0.414. The number of hydrogen-bond donors (Lipinski definition) is 3. The third-order valence-corrected chi connectivity index (χ3v) is 3.38. The minimum atomic E-state index is -0.963. The SMILES string of the molecule is CCC(O)(CC)CNC(=O)c1ccc(N)c([N+](=O)[O-])c1. The number of nitrogens with zero attached hydrogens (tertiary/aromatic N) is 1. The predicted octanol–water partition coefficient (Wildman–Crippen LogP) is 1.46. The van der Waals surface area contributed by atoms with Crippen molar-refractivity contribution in [3.8, 4) is 0 Å². The Bertz CT molecular complexity index is 512. The van der Waals surface area contributed by atoms with Crippen LogP contribution in [0.15, 0.2) is 18.2 Å². The van der Waals surface area contributed by atoms with Gasteiger partial charge in [-0.2, -0.15) is 0 Å². The molecule has 0 saturated heterocycles. The Kier molecular flexibility index (Phi) is 5.04. The largest absolute Gasteiger partial charge is 0.393 e. The molecule has 110 valence electrons. The molecule has 0 saturated carbocycles. The van der Waals surface area contributed by atoms with Gasteiger partial charge in [0.15, 0.2) is 0 Å². The van der Waals surface area contributed by atoms with E-state index in [9.17, 15) is 20.0 Å². The van der Waals surface area contributed by atoms with Crippen molar-refractivity contribution in [3.05, 3.63) is 33.9 Å². The van der Waals surface area contributed by atoms with Gasteiger partial charge in [0.05, 0.1) is 10.5 Å². The highest BCUT2D eigenvalue weighted by atomic mass is 16.6. The van der Waals surface area contributed by atoms with E-state index >= 15 is 0 Å². The van der Waals surface area contributed by atoms with Gasteiger partial charge in [-0.3, -0.25) is 14.9 Å². The summed E-state index contributed by atoms with van der Waals surface area (Å²) in [6.07, 6.45) is 1.01. The number of nitro groups is 1. The minimum absolute atomic E-state index is 0.00479. The summed E-state index contributed by atoms with van der Waals surface area (Å²) in [5.74, 6) is -0.478. The van der Waals surface area contributed by atoms with Crippen molar-refractivity contribution in [2.24, 2.45) is 0 Å². The molecular formula is C13H19N3O4. The molecule has 0 fully saturated rings. The first-order valence-electron chi connectivity index (χ1n) is 6.37. The molecule has 7 nitrogen and oxygen atoms in total. The van der Waals surface area contributed by atoms with Crippen LogP contribution in [0.2, 0.25) is 0 Å². The Hall–Kier alpha value is -2.15. The predicted molar refractivity (Wildman–Crippen MR) is 75.4 cm³/mol. The van der Waals surface area contributed by atoms with Crippen LogP contribution in [0.5, 0.6) is 0 Å². The maximum Gasteiger partial charge on any atom is 0.292 e. The number of hydrogen-bond acceptors (Lipinski definition) is 5. The van der Waals surface area contributed by atoms with E-state index in [1.165, 1.54) is 12.1 Å². The fraction of sp³-hybridized carbons (Fsp3) is 0.462. The van der Waals surface area contributed by atoms with Crippen molar-refractivity contribution in [3.63, 3.8) is 0 Å². The lowest BCUT2D eigenvalue weighted by atomic mass is 9.97. The third kappa shape index (κ3) is 3.67. The van der Waals surface area contributed by atoms with Gasteiger partial charge in [-0.25, -0.2) is 0 Å². The number of amides is 1. The molecule has 4 N–H and O–H groups in total. The molecule has 1 amide bonds. The summed E-state index contributed by atoms with van der Waals surface area (Å²) in [6.45, 7) is 3.74. The number of nitro benzene ring substituents is 1. The number of nitrogens with one attached hydrogen (secondary N) is 1. The summed E-state index contributed by atoms with van der Waals surface area (Å²) < 4.78 is 0. The normalized spacial score (nSPS) is 11.2. The Labute approximate surface area is 116 Å². The first kappa shape index (κ1) is 15.9. The van der Waals surface area contributed by atoms with Gasteiger partial charge in [-0.1, -0.05) is 13.8 Å². The van der Waals surface area contributed by atoms with Gasteiger partial charge < -0.3 is 16.2 Å². The van der Waals surface area contributed by atoms with Crippen molar-refractivity contribution < 1.29 is 14.8 Å². The number of anilines is 1. The smallest absolute Gasteiger partial charge is 0.292 e. The van der Waals surface area contributed by atoms with E-state index in [1.54, 1.807) is 0 Å². The molecule has 7 heteroatoms. The fourth-order valence-electron chi connectivity index (χ4n) is 1.69. The first-order valence-corrected chi connectivity index (χ1v) is 6.37. The fourth-order valence-corrected chi connectivity index (χ4v) is 1.69. The van der Waals surface area contributed by atoms with Gasteiger partial charge in [0.2, 0.25) is 0 Å². The number of nitrogens with two attached hydrogens (primary N) is 1. The summed E-state index contributed by atoms with van der Waals surface area (Å²) in [4.78, 5) is 22.0. The number of aliphatic hydroxyl groups is 1. The van der Waals surface area contributed by atoms with Gasteiger partial charge in [0.25, 0.3) is 11.6 Å². The molecule has 0 aliphatic carbocycles. The standard InChI is InChI=1S/C13H19N3O4/c1-3-13(18,4-2)8-15-12(17)9-5-6-10(14)11(7-9)16(19)20/h5-7,18H,3-4,8,14H2,1-2H3,(H,15,17). The van der Waals surface area contributed by atoms with Crippen LogP contribution < -0.4 is 11.1 Å². The van der Waals surface area contributed by atoms with Crippen LogP contribution in [0.4, 0.5) is 11.4 Å². The monoisotopic (exact) mass is 281 g/mol. The summed E-state index contributed by atoms with van der Waals surface area (Å²) >= 11 is 0. The summed E-state index contributed by atoms with van der Waals surface area (Å²) in [6, 6.07) is 3.86. The molecule has 1 rings (SSSR count). The lowest BCUT2D eigenvalue weighted by molar-refractivity contribution is -0.383. The number of benzene rings is 1. The molecule has 0 aliphatic rings. The highest BCUT2D eigenvalue weighted by Gasteiger charge is 2.23. The van der Waals surface area contributed by atoms with Crippen molar-refractivity contribution in [2.75, 3.05) is 12.3 Å². The van der Waals surface area contributed by atoms with Crippen LogP contribution in [0.3, 0.4) is 0 Å². The minimum Gasteiger partial charge on any atom is -0.393 e. The molecule has 0 atom stereocenters. The van der Waals surface area contributed by atoms with Crippen molar-refractivity contribution >= 4 is 17.3 Å².